The first-order valence-corrected chi connectivity index (χ1v) is 14.0. The maximum atomic E-state index is 11.8. The molecule has 36 heavy (non-hydrogen) atoms. The van der Waals surface area contributed by atoms with Crippen molar-refractivity contribution in [3.8, 4) is 0 Å². The first-order valence-electron chi connectivity index (χ1n) is 14.0. The molecule has 0 bridgehead atoms. The van der Waals surface area contributed by atoms with Crippen molar-refractivity contribution in [1.82, 2.24) is 0 Å². The predicted molar refractivity (Wildman–Crippen MR) is 138 cm³/mol. The van der Waals surface area contributed by atoms with Crippen LogP contribution in [-0.4, -0.2) is 50.3 Å². The highest BCUT2D eigenvalue weighted by Crippen LogP contribution is 2.13. The molecule has 8 nitrogen and oxygen atoms in total. The molecule has 0 radical (unpaired) electrons. The zero-order valence-electron chi connectivity index (χ0n) is 23.1. The second-order valence-electron chi connectivity index (χ2n) is 9.39. The fourth-order valence-electron chi connectivity index (χ4n) is 3.32. The van der Waals surface area contributed by atoms with Crippen molar-refractivity contribution in [2.75, 3.05) is 26.4 Å². The zero-order valence-corrected chi connectivity index (χ0v) is 23.1. The minimum Gasteiger partial charge on any atom is -0.466 e. The fourth-order valence-corrected chi connectivity index (χ4v) is 3.32. The zero-order chi connectivity index (χ0) is 27.0. The summed E-state index contributed by atoms with van der Waals surface area (Å²) in [4.78, 5) is 46.9. The fraction of sp³-hybridized carbons (Fsp3) is 0.857. The lowest BCUT2D eigenvalue weighted by Crippen LogP contribution is -2.15. The van der Waals surface area contributed by atoms with Gasteiger partial charge in [-0.15, -0.1) is 0 Å². The second-order valence-corrected chi connectivity index (χ2v) is 9.39. The van der Waals surface area contributed by atoms with E-state index in [1.165, 1.54) is 0 Å². The van der Waals surface area contributed by atoms with E-state index in [0.717, 1.165) is 38.5 Å². The summed E-state index contributed by atoms with van der Waals surface area (Å²) in [6, 6.07) is 0. The van der Waals surface area contributed by atoms with Crippen LogP contribution in [-0.2, 0) is 38.1 Å². The Balaban J connectivity index is 3.57. The Morgan fingerprint density at radius 1 is 0.583 bits per heavy atom. The molecule has 8 heteroatoms. The highest BCUT2D eigenvalue weighted by atomic mass is 16.5. The lowest BCUT2D eigenvalue weighted by Gasteiger charge is -2.14. The van der Waals surface area contributed by atoms with E-state index in [-0.39, 0.29) is 42.8 Å². The monoisotopic (exact) mass is 514 g/mol. The van der Waals surface area contributed by atoms with Crippen molar-refractivity contribution in [2.45, 2.75) is 118 Å². The molecule has 0 saturated heterocycles. The van der Waals surface area contributed by atoms with Crippen LogP contribution >= 0.6 is 0 Å². The van der Waals surface area contributed by atoms with E-state index in [1.807, 2.05) is 13.8 Å². The van der Waals surface area contributed by atoms with Gasteiger partial charge in [-0.05, 0) is 57.3 Å². The largest absolute Gasteiger partial charge is 0.466 e. The lowest BCUT2D eigenvalue weighted by atomic mass is 10.0. The molecule has 0 spiro atoms. The smallest absolute Gasteiger partial charge is 0.308 e. The van der Waals surface area contributed by atoms with Crippen molar-refractivity contribution in [3.05, 3.63) is 0 Å². The Morgan fingerprint density at radius 2 is 1.11 bits per heavy atom. The van der Waals surface area contributed by atoms with Gasteiger partial charge in [-0.3, -0.25) is 19.2 Å². The number of carbonyl (C=O) groups is 4. The van der Waals surface area contributed by atoms with Gasteiger partial charge < -0.3 is 18.9 Å². The number of ether oxygens (including phenoxy) is 4. The number of carbonyl (C=O) groups excluding carboxylic acids is 4. The summed E-state index contributed by atoms with van der Waals surface area (Å²) in [6.07, 6.45) is 9.91. The Kier molecular flexibility index (Phi) is 21.9. The van der Waals surface area contributed by atoms with Crippen molar-refractivity contribution in [2.24, 2.45) is 11.8 Å². The predicted octanol–water partition coefficient (Wildman–Crippen LogP) is 5.93. The minimum atomic E-state index is -0.306. The summed E-state index contributed by atoms with van der Waals surface area (Å²) in [5, 5.41) is 0. The summed E-state index contributed by atoms with van der Waals surface area (Å²) < 4.78 is 20.8. The molecule has 0 amide bonds. The molecule has 210 valence electrons. The van der Waals surface area contributed by atoms with Gasteiger partial charge in [0.25, 0.3) is 0 Å². The van der Waals surface area contributed by atoms with Crippen LogP contribution in [0.4, 0.5) is 0 Å². The first-order chi connectivity index (χ1) is 17.3. The average Bonchev–Trinajstić information content (AvgIpc) is 2.87. The quantitative estimate of drug-likeness (QED) is 0.0938. The summed E-state index contributed by atoms with van der Waals surface area (Å²) in [5.41, 5.74) is 0. The van der Waals surface area contributed by atoms with Gasteiger partial charge >= 0.3 is 23.9 Å². The molecule has 2 unspecified atom stereocenters. The van der Waals surface area contributed by atoms with E-state index >= 15 is 0 Å². The van der Waals surface area contributed by atoms with Crippen LogP contribution in [0.25, 0.3) is 0 Å². The van der Waals surface area contributed by atoms with E-state index < -0.39 is 0 Å². The highest BCUT2D eigenvalue weighted by molar-refractivity contribution is 5.72. The Bertz CT molecular complexity index is 604. The Morgan fingerprint density at radius 3 is 1.69 bits per heavy atom. The maximum Gasteiger partial charge on any atom is 0.308 e. The number of hydrogen-bond acceptors (Lipinski definition) is 8. The lowest BCUT2D eigenvalue weighted by molar-refractivity contribution is -0.150. The van der Waals surface area contributed by atoms with E-state index in [2.05, 4.69) is 13.8 Å². The number of unbranched alkanes of at least 4 members (excludes halogenated alkanes) is 4. The van der Waals surface area contributed by atoms with Crippen LogP contribution in [0.1, 0.15) is 118 Å². The molecule has 0 aromatic heterocycles. The molecule has 0 aromatic rings. The van der Waals surface area contributed by atoms with Gasteiger partial charge in [-0.1, -0.05) is 47.0 Å². The standard InChI is InChI=1S/C28H50O8/c1-5-8-15-24(7-3)22-36-27(31)17-11-13-20-34-25(29)16-10-9-12-19-33-26(30)18-14-21-35-28(32)23(4)6-2/h23-24H,5-22H2,1-4H3. The molecule has 0 aliphatic rings. The van der Waals surface area contributed by atoms with Crippen LogP contribution in [0, 0.1) is 11.8 Å². The van der Waals surface area contributed by atoms with Crippen molar-refractivity contribution in [1.29, 1.82) is 0 Å². The van der Waals surface area contributed by atoms with Crippen LogP contribution in [0.2, 0.25) is 0 Å². The summed E-state index contributed by atoms with van der Waals surface area (Å²) >= 11 is 0. The molecule has 0 aromatic carbocycles. The number of hydrogen-bond donors (Lipinski definition) is 0. The number of rotatable bonds is 23. The average molecular weight is 515 g/mol. The molecule has 0 fully saturated rings. The third-order valence-electron chi connectivity index (χ3n) is 6.13. The molecule has 0 heterocycles. The Hall–Kier alpha value is -2.12. The van der Waals surface area contributed by atoms with Gasteiger partial charge in [0.1, 0.15) is 0 Å². The van der Waals surface area contributed by atoms with Gasteiger partial charge in [0.15, 0.2) is 0 Å². The third kappa shape index (κ3) is 20.1. The molecule has 2 atom stereocenters. The van der Waals surface area contributed by atoms with Crippen molar-refractivity contribution in [3.63, 3.8) is 0 Å². The van der Waals surface area contributed by atoms with Crippen molar-refractivity contribution >= 4 is 23.9 Å². The highest BCUT2D eigenvalue weighted by Gasteiger charge is 2.12. The van der Waals surface area contributed by atoms with E-state index in [1.54, 1.807) is 0 Å². The van der Waals surface area contributed by atoms with Gasteiger partial charge in [0.05, 0.1) is 32.3 Å². The van der Waals surface area contributed by atoms with Crippen LogP contribution in [0.3, 0.4) is 0 Å². The molecule has 0 saturated carbocycles. The normalized spacial score (nSPS) is 12.4. The van der Waals surface area contributed by atoms with Gasteiger partial charge in [0, 0.05) is 19.3 Å². The minimum absolute atomic E-state index is 0.122. The first kappa shape index (κ1) is 33.9. The summed E-state index contributed by atoms with van der Waals surface area (Å²) in [7, 11) is 0. The van der Waals surface area contributed by atoms with E-state index in [4.69, 9.17) is 18.9 Å². The van der Waals surface area contributed by atoms with E-state index in [0.29, 0.717) is 70.7 Å². The van der Waals surface area contributed by atoms with Crippen LogP contribution in [0.15, 0.2) is 0 Å². The van der Waals surface area contributed by atoms with Gasteiger partial charge in [-0.25, -0.2) is 0 Å². The van der Waals surface area contributed by atoms with Gasteiger partial charge in [-0.2, -0.15) is 0 Å². The van der Waals surface area contributed by atoms with E-state index in [9.17, 15) is 19.2 Å². The van der Waals surface area contributed by atoms with Crippen molar-refractivity contribution < 1.29 is 38.1 Å². The molecule has 0 aliphatic heterocycles. The van der Waals surface area contributed by atoms with Gasteiger partial charge in [0.2, 0.25) is 0 Å². The Labute approximate surface area is 218 Å². The molecule has 0 N–H and O–H groups in total. The topological polar surface area (TPSA) is 105 Å². The van der Waals surface area contributed by atoms with Crippen LogP contribution in [0.5, 0.6) is 0 Å². The molecular weight excluding hydrogens is 464 g/mol. The maximum absolute atomic E-state index is 11.8. The molecule has 0 aliphatic carbocycles. The molecular formula is C28H50O8. The number of esters is 4. The van der Waals surface area contributed by atoms with Crippen LogP contribution < -0.4 is 0 Å². The summed E-state index contributed by atoms with van der Waals surface area (Å²) in [5.74, 6) is -0.643. The summed E-state index contributed by atoms with van der Waals surface area (Å²) in [6.45, 7) is 9.37. The SMILES string of the molecule is CCCCC(CC)COC(=O)CCCCOC(=O)CCCCCOC(=O)CCCOC(=O)C(C)CC. The third-order valence-corrected chi connectivity index (χ3v) is 6.13. The second kappa shape index (κ2) is 23.3. The molecule has 0 rings (SSSR count).